The smallest absolute Gasteiger partial charge is 0.306 e. The van der Waals surface area contributed by atoms with Crippen molar-refractivity contribution in [2.75, 3.05) is 12.4 Å². The van der Waals surface area contributed by atoms with Crippen LogP contribution in [-0.2, 0) is 9.53 Å². The molecule has 0 bridgehead atoms. The largest absolute Gasteiger partial charge is 0.465 e. The fourth-order valence-electron chi connectivity index (χ4n) is 1.71. The molecule has 1 aromatic rings. The van der Waals surface area contributed by atoms with Gasteiger partial charge in [0.05, 0.1) is 13.0 Å². The maximum Gasteiger partial charge on any atom is 0.306 e. The van der Waals surface area contributed by atoms with Gasteiger partial charge in [-0.3, -0.25) is 4.79 Å². The molecule has 2 rings (SSSR count). The topological polar surface area (TPSA) is 26.3 Å². The van der Waals surface area contributed by atoms with Crippen molar-refractivity contribution in [2.24, 2.45) is 11.8 Å². The lowest BCUT2D eigenvalue weighted by Crippen LogP contribution is -2.08. The van der Waals surface area contributed by atoms with E-state index in [1.54, 1.807) is 18.2 Å². The standard InChI is InChI=1S/C14H17FO2S/c1-10-8-11(10)9-17-14(16)6-7-18-13-5-3-2-4-12(13)15/h2-5,10-11H,6-9H2,1H3. The predicted molar refractivity (Wildman–Crippen MR) is 70.0 cm³/mol. The first-order valence-electron chi connectivity index (χ1n) is 6.20. The summed E-state index contributed by atoms with van der Waals surface area (Å²) < 4.78 is 18.4. The Hall–Kier alpha value is -1.03. The summed E-state index contributed by atoms with van der Waals surface area (Å²) in [6.45, 7) is 2.71. The van der Waals surface area contributed by atoms with Crippen LogP contribution in [0.5, 0.6) is 0 Å². The number of esters is 1. The first-order chi connectivity index (χ1) is 8.66. The number of hydrogen-bond donors (Lipinski definition) is 0. The number of thioether (sulfide) groups is 1. The van der Waals surface area contributed by atoms with E-state index in [9.17, 15) is 9.18 Å². The Morgan fingerprint density at radius 1 is 1.50 bits per heavy atom. The third-order valence-electron chi connectivity index (χ3n) is 3.13. The SMILES string of the molecule is CC1CC1COC(=O)CCSc1ccccc1F. The van der Waals surface area contributed by atoms with Crippen LogP contribution < -0.4 is 0 Å². The zero-order chi connectivity index (χ0) is 13.0. The zero-order valence-electron chi connectivity index (χ0n) is 10.4. The molecule has 1 saturated carbocycles. The van der Waals surface area contributed by atoms with E-state index >= 15 is 0 Å². The molecule has 2 atom stereocenters. The molecule has 0 aliphatic heterocycles. The molecule has 4 heteroatoms. The third kappa shape index (κ3) is 4.02. The van der Waals surface area contributed by atoms with Crippen LogP contribution in [0.2, 0.25) is 0 Å². The van der Waals surface area contributed by atoms with Gasteiger partial charge in [-0.1, -0.05) is 19.1 Å². The van der Waals surface area contributed by atoms with Crippen LogP contribution in [0.3, 0.4) is 0 Å². The molecule has 1 aromatic carbocycles. The van der Waals surface area contributed by atoms with Crippen molar-refractivity contribution in [1.82, 2.24) is 0 Å². The Balaban J connectivity index is 1.63. The summed E-state index contributed by atoms with van der Waals surface area (Å²) in [6, 6.07) is 6.59. The number of benzene rings is 1. The van der Waals surface area contributed by atoms with E-state index in [1.165, 1.54) is 17.8 Å². The number of ether oxygens (including phenoxy) is 1. The molecule has 0 N–H and O–H groups in total. The van der Waals surface area contributed by atoms with Crippen molar-refractivity contribution in [1.29, 1.82) is 0 Å². The molecule has 0 saturated heterocycles. The quantitative estimate of drug-likeness (QED) is 0.583. The molecule has 1 aliphatic rings. The van der Waals surface area contributed by atoms with E-state index < -0.39 is 0 Å². The Morgan fingerprint density at radius 2 is 2.22 bits per heavy atom. The average Bonchev–Trinajstić information content (AvgIpc) is 3.05. The van der Waals surface area contributed by atoms with Crippen LogP contribution in [0, 0.1) is 17.7 Å². The van der Waals surface area contributed by atoms with Crippen molar-refractivity contribution < 1.29 is 13.9 Å². The second-order valence-corrected chi connectivity index (χ2v) is 5.82. The third-order valence-corrected chi connectivity index (χ3v) is 4.19. The first-order valence-corrected chi connectivity index (χ1v) is 7.18. The van der Waals surface area contributed by atoms with Gasteiger partial charge in [0.25, 0.3) is 0 Å². The highest BCUT2D eigenvalue weighted by Crippen LogP contribution is 2.37. The second kappa shape index (κ2) is 6.23. The maximum atomic E-state index is 13.3. The Kier molecular flexibility index (Phi) is 4.64. The zero-order valence-corrected chi connectivity index (χ0v) is 11.2. The number of carbonyl (C=O) groups is 1. The summed E-state index contributed by atoms with van der Waals surface area (Å²) in [5.74, 6) is 1.40. The van der Waals surface area contributed by atoms with E-state index in [-0.39, 0.29) is 11.8 Å². The van der Waals surface area contributed by atoms with E-state index in [0.29, 0.717) is 35.5 Å². The monoisotopic (exact) mass is 268 g/mol. The van der Waals surface area contributed by atoms with Crippen molar-refractivity contribution >= 4 is 17.7 Å². The minimum Gasteiger partial charge on any atom is -0.465 e. The molecule has 2 nitrogen and oxygen atoms in total. The molecule has 1 fully saturated rings. The Bertz CT molecular complexity index is 422. The van der Waals surface area contributed by atoms with E-state index in [1.807, 2.05) is 0 Å². The summed E-state index contributed by atoms with van der Waals surface area (Å²) in [5, 5.41) is 0. The van der Waals surface area contributed by atoms with E-state index in [4.69, 9.17) is 4.74 Å². The van der Waals surface area contributed by atoms with Gasteiger partial charge in [0.15, 0.2) is 0 Å². The number of hydrogen-bond acceptors (Lipinski definition) is 3. The molecule has 0 heterocycles. The molecule has 2 unspecified atom stereocenters. The van der Waals surface area contributed by atoms with Crippen LogP contribution in [-0.4, -0.2) is 18.3 Å². The highest BCUT2D eigenvalue weighted by molar-refractivity contribution is 7.99. The van der Waals surface area contributed by atoms with Crippen molar-refractivity contribution in [3.63, 3.8) is 0 Å². The fourth-order valence-corrected chi connectivity index (χ4v) is 2.58. The maximum absolute atomic E-state index is 13.3. The molecule has 0 spiro atoms. The van der Waals surface area contributed by atoms with Crippen LogP contribution in [0.15, 0.2) is 29.2 Å². The second-order valence-electron chi connectivity index (χ2n) is 4.68. The van der Waals surface area contributed by atoms with Gasteiger partial charge in [0.2, 0.25) is 0 Å². The van der Waals surface area contributed by atoms with Crippen LogP contribution in [0.1, 0.15) is 19.8 Å². The minimum atomic E-state index is -0.234. The summed E-state index contributed by atoms with van der Waals surface area (Å²) >= 11 is 1.35. The molecule has 0 aromatic heterocycles. The van der Waals surface area contributed by atoms with Crippen LogP contribution in [0.4, 0.5) is 4.39 Å². The Labute approximate surface area is 111 Å². The lowest BCUT2D eigenvalue weighted by atomic mass is 10.3. The van der Waals surface area contributed by atoms with Crippen LogP contribution in [0.25, 0.3) is 0 Å². The molecular weight excluding hydrogens is 251 g/mol. The van der Waals surface area contributed by atoms with Crippen LogP contribution >= 0.6 is 11.8 Å². The van der Waals surface area contributed by atoms with Crippen molar-refractivity contribution in [3.8, 4) is 0 Å². The molecule has 0 amide bonds. The van der Waals surface area contributed by atoms with E-state index in [0.717, 1.165) is 6.42 Å². The summed E-state index contributed by atoms with van der Waals surface area (Å²) in [4.78, 5) is 12.0. The van der Waals surface area contributed by atoms with Gasteiger partial charge in [0.1, 0.15) is 5.82 Å². The van der Waals surface area contributed by atoms with E-state index in [2.05, 4.69) is 6.92 Å². The predicted octanol–water partition coefficient (Wildman–Crippen LogP) is 3.51. The first kappa shape index (κ1) is 13.4. The number of halogens is 1. The summed E-state index contributed by atoms with van der Waals surface area (Å²) in [5.41, 5.74) is 0. The molecule has 0 radical (unpaired) electrons. The fraction of sp³-hybridized carbons (Fsp3) is 0.500. The molecule has 1 aliphatic carbocycles. The average molecular weight is 268 g/mol. The lowest BCUT2D eigenvalue weighted by Gasteiger charge is -2.04. The highest BCUT2D eigenvalue weighted by atomic mass is 32.2. The minimum absolute atomic E-state index is 0.182. The van der Waals surface area contributed by atoms with Gasteiger partial charge in [-0.25, -0.2) is 4.39 Å². The van der Waals surface area contributed by atoms with Gasteiger partial charge in [-0.2, -0.15) is 0 Å². The summed E-state index contributed by atoms with van der Waals surface area (Å²) in [6.07, 6.45) is 1.50. The lowest BCUT2D eigenvalue weighted by molar-refractivity contribution is -0.143. The van der Waals surface area contributed by atoms with Gasteiger partial charge in [-0.05, 0) is 30.4 Å². The normalized spacial score (nSPS) is 21.7. The van der Waals surface area contributed by atoms with Crippen molar-refractivity contribution in [3.05, 3.63) is 30.1 Å². The van der Waals surface area contributed by atoms with Gasteiger partial charge in [-0.15, -0.1) is 11.8 Å². The Morgan fingerprint density at radius 3 is 2.89 bits per heavy atom. The summed E-state index contributed by atoms with van der Waals surface area (Å²) in [7, 11) is 0. The van der Waals surface area contributed by atoms with Crippen molar-refractivity contribution in [2.45, 2.75) is 24.7 Å². The number of rotatable bonds is 6. The molecule has 18 heavy (non-hydrogen) atoms. The molecular formula is C14H17FO2S. The molecule has 98 valence electrons. The van der Waals surface area contributed by atoms with Gasteiger partial charge < -0.3 is 4.74 Å². The number of carbonyl (C=O) groups excluding carboxylic acids is 1. The van der Waals surface area contributed by atoms with Gasteiger partial charge in [0, 0.05) is 10.6 Å². The van der Waals surface area contributed by atoms with Gasteiger partial charge >= 0.3 is 5.97 Å². The highest BCUT2D eigenvalue weighted by Gasteiger charge is 2.33.